The molecule has 0 amide bonds. The second kappa shape index (κ2) is 5.41. The minimum Gasteiger partial charge on any atom is -0.409 e. The molecule has 1 saturated heterocycles. The minimum absolute atomic E-state index is 0.0886. The Balaban J connectivity index is 2.78. The average Bonchev–Trinajstić information content (AvgIpc) is 2.25. The largest absolute Gasteiger partial charge is 0.409 e. The molecule has 7 nitrogen and oxygen atoms in total. The molecule has 4 N–H and O–H groups in total. The first-order valence-corrected chi connectivity index (χ1v) is 7.36. The third-order valence-electron chi connectivity index (χ3n) is 2.69. The predicted octanol–water partition coefficient (Wildman–Crippen LogP) is 0.0777. The van der Waals surface area contributed by atoms with E-state index in [9.17, 15) is 8.42 Å². The van der Waals surface area contributed by atoms with Gasteiger partial charge in [-0.15, -0.1) is 0 Å². The summed E-state index contributed by atoms with van der Waals surface area (Å²) in [6, 6.07) is 0. The van der Waals surface area contributed by atoms with Crippen LogP contribution in [0.1, 0.15) is 33.6 Å². The van der Waals surface area contributed by atoms with E-state index >= 15 is 0 Å². The first kappa shape index (κ1) is 15.2. The molecular formula is C10H22N4O3S. The summed E-state index contributed by atoms with van der Waals surface area (Å²) in [6.45, 7) is 6.07. The van der Waals surface area contributed by atoms with Gasteiger partial charge in [-0.1, -0.05) is 5.16 Å². The van der Waals surface area contributed by atoms with Crippen LogP contribution in [0.3, 0.4) is 0 Å². The van der Waals surface area contributed by atoms with Crippen molar-refractivity contribution in [3.8, 4) is 0 Å². The van der Waals surface area contributed by atoms with E-state index in [4.69, 9.17) is 10.9 Å². The summed E-state index contributed by atoms with van der Waals surface area (Å²) in [7, 11) is -3.52. The first-order valence-electron chi connectivity index (χ1n) is 5.92. The summed E-state index contributed by atoms with van der Waals surface area (Å²) in [6.07, 6.45) is 1.43. The lowest BCUT2D eigenvalue weighted by Gasteiger charge is -2.33. The zero-order valence-corrected chi connectivity index (χ0v) is 11.9. The predicted molar refractivity (Wildman–Crippen MR) is 69.5 cm³/mol. The van der Waals surface area contributed by atoms with Crippen LogP contribution in [-0.2, 0) is 10.2 Å². The summed E-state index contributed by atoms with van der Waals surface area (Å²) in [4.78, 5) is 0. The highest BCUT2D eigenvalue weighted by Crippen LogP contribution is 2.19. The summed E-state index contributed by atoms with van der Waals surface area (Å²) >= 11 is 0. The number of oxime groups is 1. The molecule has 18 heavy (non-hydrogen) atoms. The van der Waals surface area contributed by atoms with Crippen molar-refractivity contribution in [1.29, 1.82) is 0 Å². The summed E-state index contributed by atoms with van der Waals surface area (Å²) in [5, 5.41) is 11.6. The van der Waals surface area contributed by atoms with Crippen LogP contribution in [0, 0.1) is 5.92 Å². The van der Waals surface area contributed by atoms with E-state index in [0.29, 0.717) is 13.0 Å². The lowest BCUT2D eigenvalue weighted by atomic mass is 9.99. The molecule has 8 heteroatoms. The van der Waals surface area contributed by atoms with Crippen molar-refractivity contribution in [3.63, 3.8) is 0 Å². The lowest BCUT2D eigenvalue weighted by Crippen LogP contribution is -2.52. The van der Waals surface area contributed by atoms with Crippen LogP contribution in [0.5, 0.6) is 0 Å². The molecule has 0 spiro atoms. The lowest BCUT2D eigenvalue weighted by molar-refractivity contribution is 0.282. The van der Waals surface area contributed by atoms with Crippen molar-refractivity contribution >= 4 is 16.0 Å². The maximum absolute atomic E-state index is 12.1. The van der Waals surface area contributed by atoms with Gasteiger partial charge >= 0.3 is 0 Å². The minimum atomic E-state index is -3.52. The van der Waals surface area contributed by atoms with Gasteiger partial charge in [0.2, 0.25) is 0 Å². The number of piperidine rings is 1. The van der Waals surface area contributed by atoms with E-state index < -0.39 is 15.7 Å². The van der Waals surface area contributed by atoms with E-state index in [1.807, 2.05) is 0 Å². The first-order chi connectivity index (χ1) is 8.15. The fraction of sp³-hybridized carbons (Fsp3) is 0.900. The van der Waals surface area contributed by atoms with Gasteiger partial charge in [0.05, 0.1) is 0 Å². The third-order valence-corrected chi connectivity index (χ3v) is 4.57. The van der Waals surface area contributed by atoms with Crippen LogP contribution in [0.25, 0.3) is 0 Å². The Morgan fingerprint density at radius 1 is 1.50 bits per heavy atom. The number of nitrogens with two attached hydrogens (primary N) is 1. The number of nitrogens with zero attached hydrogens (tertiary/aromatic N) is 2. The fourth-order valence-electron chi connectivity index (χ4n) is 1.94. The van der Waals surface area contributed by atoms with Gasteiger partial charge in [-0.05, 0) is 33.6 Å². The molecule has 0 bridgehead atoms. The van der Waals surface area contributed by atoms with Crippen molar-refractivity contribution in [2.75, 3.05) is 13.1 Å². The maximum atomic E-state index is 12.1. The molecule has 106 valence electrons. The molecule has 1 rings (SSSR count). The fourth-order valence-corrected chi connectivity index (χ4v) is 3.58. The second-order valence-corrected chi connectivity index (χ2v) is 7.25. The SMILES string of the molecule is CC(C)(C)NS(=O)(=O)N1CCCC(C(N)=NO)C1. The van der Waals surface area contributed by atoms with Crippen molar-refractivity contribution < 1.29 is 13.6 Å². The van der Waals surface area contributed by atoms with Gasteiger partial charge in [0.15, 0.2) is 0 Å². The number of nitrogens with one attached hydrogen (secondary N) is 1. The molecule has 0 aliphatic carbocycles. The zero-order valence-electron chi connectivity index (χ0n) is 11.0. The molecule has 1 aliphatic rings. The smallest absolute Gasteiger partial charge is 0.279 e. The summed E-state index contributed by atoms with van der Waals surface area (Å²) in [5.74, 6) is -0.133. The van der Waals surface area contributed by atoms with Gasteiger partial charge < -0.3 is 10.9 Å². The highest BCUT2D eigenvalue weighted by Gasteiger charge is 2.32. The quantitative estimate of drug-likeness (QED) is 0.294. The van der Waals surface area contributed by atoms with Crippen LogP contribution >= 0.6 is 0 Å². The number of rotatable bonds is 3. The van der Waals surface area contributed by atoms with Crippen molar-refractivity contribution in [2.45, 2.75) is 39.2 Å². The van der Waals surface area contributed by atoms with Gasteiger partial charge in [-0.3, -0.25) is 0 Å². The Labute approximate surface area is 108 Å². The molecular weight excluding hydrogens is 256 g/mol. The molecule has 0 radical (unpaired) electrons. The molecule has 1 aliphatic heterocycles. The summed E-state index contributed by atoms with van der Waals surface area (Å²) in [5.41, 5.74) is 5.01. The van der Waals surface area contributed by atoms with Gasteiger partial charge in [0.1, 0.15) is 5.84 Å². The Morgan fingerprint density at radius 2 is 2.11 bits per heavy atom. The van der Waals surface area contributed by atoms with Crippen LogP contribution in [0.15, 0.2) is 5.16 Å². The van der Waals surface area contributed by atoms with Crippen molar-refractivity contribution in [3.05, 3.63) is 0 Å². The van der Waals surface area contributed by atoms with Crippen LogP contribution in [0.4, 0.5) is 0 Å². The molecule has 1 fully saturated rings. The summed E-state index contributed by atoms with van der Waals surface area (Å²) < 4.78 is 28.2. The molecule has 1 heterocycles. The van der Waals surface area contributed by atoms with Gasteiger partial charge in [-0.2, -0.15) is 17.4 Å². The van der Waals surface area contributed by atoms with E-state index in [1.54, 1.807) is 20.8 Å². The second-order valence-electron chi connectivity index (χ2n) is 5.58. The molecule has 1 unspecified atom stereocenters. The molecule has 0 aromatic heterocycles. The van der Waals surface area contributed by atoms with Gasteiger partial charge in [0, 0.05) is 24.5 Å². The van der Waals surface area contributed by atoms with Crippen molar-refractivity contribution in [1.82, 2.24) is 9.03 Å². The van der Waals surface area contributed by atoms with Crippen molar-refractivity contribution in [2.24, 2.45) is 16.8 Å². The van der Waals surface area contributed by atoms with Crippen LogP contribution < -0.4 is 10.5 Å². The molecule has 0 aromatic rings. The molecule has 0 saturated carbocycles. The van der Waals surface area contributed by atoms with Crippen LogP contribution in [-0.4, -0.2) is 42.4 Å². The van der Waals surface area contributed by atoms with Crippen LogP contribution in [0.2, 0.25) is 0 Å². The van der Waals surface area contributed by atoms with E-state index in [1.165, 1.54) is 4.31 Å². The Kier molecular flexibility index (Phi) is 4.57. The highest BCUT2D eigenvalue weighted by molar-refractivity contribution is 7.87. The Morgan fingerprint density at radius 3 is 2.61 bits per heavy atom. The normalized spacial score (nSPS) is 24.2. The Bertz CT molecular complexity index is 413. The number of hydrogen-bond acceptors (Lipinski definition) is 4. The van der Waals surface area contributed by atoms with E-state index in [0.717, 1.165) is 6.42 Å². The highest BCUT2D eigenvalue weighted by atomic mass is 32.2. The number of hydrogen-bond donors (Lipinski definition) is 3. The van der Waals surface area contributed by atoms with Gasteiger partial charge in [0.25, 0.3) is 10.2 Å². The Hall–Kier alpha value is -0.860. The molecule has 0 aromatic carbocycles. The monoisotopic (exact) mass is 278 g/mol. The van der Waals surface area contributed by atoms with E-state index in [-0.39, 0.29) is 18.3 Å². The maximum Gasteiger partial charge on any atom is 0.279 e. The topological polar surface area (TPSA) is 108 Å². The van der Waals surface area contributed by atoms with Gasteiger partial charge in [-0.25, -0.2) is 0 Å². The number of amidine groups is 1. The molecule has 1 atom stereocenters. The third kappa shape index (κ3) is 4.11. The van der Waals surface area contributed by atoms with E-state index in [2.05, 4.69) is 9.88 Å². The average molecular weight is 278 g/mol. The standard InChI is InChI=1S/C10H22N4O3S/c1-10(2,3)13-18(16,17)14-6-4-5-8(7-14)9(11)12-15/h8,13,15H,4-7H2,1-3H3,(H2,11,12). The zero-order chi connectivity index (χ0) is 14.0.